The van der Waals surface area contributed by atoms with E-state index in [2.05, 4.69) is 18.7 Å². The predicted molar refractivity (Wildman–Crippen MR) is 45.4 cm³/mol. The molecule has 0 aromatic heterocycles. The predicted octanol–water partition coefficient (Wildman–Crippen LogP) is 1.68. The van der Waals surface area contributed by atoms with Gasteiger partial charge in [-0.1, -0.05) is 18.2 Å². The van der Waals surface area contributed by atoms with Gasteiger partial charge in [0.2, 0.25) is 0 Å². The summed E-state index contributed by atoms with van der Waals surface area (Å²) in [6.07, 6.45) is 7.75. The van der Waals surface area contributed by atoms with Gasteiger partial charge in [0, 0.05) is 12.3 Å². The summed E-state index contributed by atoms with van der Waals surface area (Å²) in [5.41, 5.74) is 0. The molecule has 1 aliphatic carbocycles. The first-order valence-electron chi connectivity index (χ1n) is 4.31. The third kappa shape index (κ3) is 0.986. The molecule has 12 heavy (non-hydrogen) atoms. The molecular weight excluding hydrogens is 152 g/mol. The normalized spacial score (nSPS) is 38.0. The van der Waals surface area contributed by atoms with Gasteiger partial charge in [-0.15, -0.1) is 6.58 Å². The van der Waals surface area contributed by atoms with Crippen molar-refractivity contribution in [3.63, 3.8) is 0 Å². The van der Waals surface area contributed by atoms with Gasteiger partial charge in [0.05, 0.1) is 5.92 Å². The van der Waals surface area contributed by atoms with Gasteiger partial charge >= 0.3 is 5.97 Å². The maximum absolute atomic E-state index is 11.3. The molecule has 0 amide bonds. The van der Waals surface area contributed by atoms with Crippen molar-refractivity contribution in [2.45, 2.75) is 18.9 Å². The molecule has 0 radical (unpaired) electrons. The molecule has 3 atom stereocenters. The Morgan fingerprint density at radius 2 is 2.58 bits per heavy atom. The summed E-state index contributed by atoms with van der Waals surface area (Å²) in [7, 11) is 0. The van der Waals surface area contributed by atoms with E-state index in [-0.39, 0.29) is 18.0 Å². The molecule has 3 unspecified atom stereocenters. The Morgan fingerprint density at radius 3 is 3.33 bits per heavy atom. The topological polar surface area (TPSA) is 26.3 Å². The number of rotatable bonds is 2. The lowest BCUT2D eigenvalue weighted by atomic mass is 9.90. The molecule has 1 aliphatic heterocycles. The average molecular weight is 164 g/mol. The van der Waals surface area contributed by atoms with Crippen LogP contribution < -0.4 is 0 Å². The van der Waals surface area contributed by atoms with E-state index in [1.54, 1.807) is 6.08 Å². The molecule has 2 heteroatoms. The second-order valence-corrected chi connectivity index (χ2v) is 3.35. The summed E-state index contributed by atoms with van der Waals surface area (Å²) in [4.78, 5) is 11.3. The molecule has 0 N–H and O–H groups in total. The van der Waals surface area contributed by atoms with E-state index in [4.69, 9.17) is 4.74 Å². The Kier molecular flexibility index (Phi) is 1.75. The fourth-order valence-electron chi connectivity index (χ4n) is 2.00. The van der Waals surface area contributed by atoms with Crippen LogP contribution in [0.3, 0.4) is 0 Å². The molecule has 2 aliphatic rings. The number of esters is 1. The summed E-state index contributed by atoms with van der Waals surface area (Å²) in [5.74, 6) is 0.302. The van der Waals surface area contributed by atoms with Crippen molar-refractivity contribution >= 4 is 5.97 Å². The van der Waals surface area contributed by atoms with Crippen molar-refractivity contribution in [1.29, 1.82) is 0 Å². The summed E-state index contributed by atoms with van der Waals surface area (Å²) in [6.45, 7) is 3.64. The number of fused-ring (bicyclic) bond motifs is 1. The van der Waals surface area contributed by atoms with Gasteiger partial charge in [-0.3, -0.25) is 4.79 Å². The van der Waals surface area contributed by atoms with Gasteiger partial charge in [-0.05, 0) is 6.42 Å². The molecule has 1 heterocycles. The molecular formula is C10H12O2. The number of carbonyl (C=O) groups excluding carboxylic acids is 1. The van der Waals surface area contributed by atoms with Crippen LogP contribution in [0.4, 0.5) is 0 Å². The number of ether oxygens (including phenoxy) is 1. The number of hydrogen-bond acceptors (Lipinski definition) is 2. The maximum Gasteiger partial charge on any atom is 0.310 e. The zero-order valence-corrected chi connectivity index (χ0v) is 6.90. The van der Waals surface area contributed by atoms with E-state index in [0.29, 0.717) is 5.92 Å². The zero-order chi connectivity index (χ0) is 8.55. The Balaban J connectivity index is 2.15. The van der Waals surface area contributed by atoms with Crippen molar-refractivity contribution in [3.8, 4) is 0 Å². The van der Waals surface area contributed by atoms with Crippen LogP contribution in [-0.2, 0) is 9.53 Å². The highest BCUT2D eigenvalue weighted by Crippen LogP contribution is 2.37. The molecule has 1 saturated heterocycles. The van der Waals surface area contributed by atoms with E-state index in [1.165, 1.54) is 0 Å². The first-order valence-corrected chi connectivity index (χ1v) is 4.31. The van der Waals surface area contributed by atoms with Crippen LogP contribution in [0, 0.1) is 11.8 Å². The van der Waals surface area contributed by atoms with E-state index < -0.39 is 0 Å². The summed E-state index contributed by atoms with van der Waals surface area (Å²) >= 11 is 0. The second-order valence-electron chi connectivity index (χ2n) is 3.35. The van der Waals surface area contributed by atoms with Gasteiger partial charge in [0.15, 0.2) is 0 Å². The lowest BCUT2D eigenvalue weighted by Gasteiger charge is -2.08. The highest BCUT2D eigenvalue weighted by Gasteiger charge is 2.43. The van der Waals surface area contributed by atoms with Gasteiger partial charge < -0.3 is 4.74 Å². The summed E-state index contributed by atoms with van der Waals surface area (Å²) in [5, 5.41) is 0. The Labute approximate surface area is 71.9 Å². The highest BCUT2D eigenvalue weighted by molar-refractivity contribution is 5.76. The first kappa shape index (κ1) is 7.59. The van der Waals surface area contributed by atoms with Crippen molar-refractivity contribution in [1.82, 2.24) is 0 Å². The molecule has 64 valence electrons. The van der Waals surface area contributed by atoms with Crippen LogP contribution >= 0.6 is 0 Å². The van der Waals surface area contributed by atoms with Crippen LogP contribution in [0.15, 0.2) is 24.8 Å². The van der Waals surface area contributed by atoms with Gasteiger partial charge in [0.1, 0.15) is 6.10 Å². The molecule has 0 aromatic rings. The zero-order valence-electron chi connectivity index (χ0n) is 6.90. The summed E-state index contributed by atoms with van der Waals surface area (Å²) < 4.78 is 5.20. The molecule has 0 aromatic carbocycles. The van der Waals surface area contributed by atoms with Crippen molar-refractivity contribution in [2.24, 2.45) is 11.8 Å². The third-order valence-electron chi connectivity index (χ3n) is 2.61. The Hall–Kier alpha value is -1.05. The standard InChI is InChI=1S/C10H12O2/c1-2-4-8-7-5-3-6-9(7)12-10(8)11/h2-3,5,7-9H,1,4,6H2. The summed E-state index contributed by atoms with van der Waals surface area (Å²) in [6, 6.07) is 0. The molecule has 2 nitrogen and oxygen atoms in total. The van der Waals surface area contributed by atoms with E-state index in [1.807, 2.05) is 0 Å². The first-order chi connectivity index (χ1) is 5.83. The highest BCUT2D eigenvalue weighted by atomic mass is 16.6. The lowest BCUT2D eigenvalue weighted by molar-refractivity contribution is -0.144. The van der Waals surface area contributed by atoms with E-state index in [0.717, 1.165) is 12.8 Å². The minimum atomic E-state index is -0.0470. The minimum Gasteiger partial charge on any atom is -0.461 e. The van der Waals surface area contributed by atoms with Crippen LogP contribution in [0.25, 0.3) is 0 Å². The van der Waals surface area contributed by atoms with E-state index >= 15 is 0 Å². The van der Waals surface area contributed by atoms with Crippen LogP contribution in [0.1, 0.15) is 12.8 Å². The molecule has 1 fully saturated rings. The van der Waals surface area contributed by atoms with Gasteiger partial charge in [-0.2, -0.15) is 0 Å². The molecule has 0 bridgehead atoms. The average Bonchev–Trinajstić information content (AvgIpc) is 2.56. The monoisotopic (exact) mass is 164 g/mol. The van der Waals surface area contributed by atoms with Gasteiger partial charge in [-0.25, -0.2) is 0 Å². The van der Waals surface area contributed by atoms with Crippen LogP contribution in [0.2, 0.25) is 0 Å². The number of carbonyl (C=O) groups is 1. The molecule has 0 saturated carbocycles. The molecule has 2 rings (SSSR count). The Bertz CT molecular complexity index is 242. The fraction of sp³-hybridized carbons (Fsp3) is 0.500. The number of allylic oxidation sites excluding steroid dienone is 1. The quantitative estimate of drug-likeness (QED) is 0.458. The van der Waals surface area contributed by atoms with Gasteiger partial charge in [0.25, 0.3) is 0 Å². The van der Waals surface area contributed by atoms with Crippen molar-refractivity contribution in [2.75, 3.05) is 0 Å². The second kappa shape index (κ2) is 2.77. The minimum absolute atomic E-state index is 0.0336. The third-order valence-corrected chi connectivity index (χ3v) is 2.61. The van der Waals surface area contributed by atoms with Crippen molar-refractivity contribution in [3.05, 3.63) is 24.8 Å². The fourth-order valence-corrected chi connectivity index (χ4v) is 2.00. The van der Waals surface area contributed by atoms with E-state index in [9.17, 15) is 4.79 Å². The maximum atomic E-state index is 11.3. The Morgan fingerprint density at radius 1 is 1.75 bits per heavy atom. The molecule has 0 spiro atoms. The van der Waals surface area contributed by atoms with Crippen LogP contribution in [0.5, 0.6) is 0 Å². The lowest BCUT2D eigenvalue weighted by Crippen LogP contribution is -2.14. The largest absolute Gasteiger partial charge is 0.461 e. The number of hydrogen-bond donors (Lipinski definition) is 0. The van der Waals surface area contributed by atoms with Crippen molar-refractivity contribution < 1.29 is 9.53 Å². The van der Waals surface area contributed by atoms with Crippen LogP contribution in [-0.4, -0.2) is 12.1 Å². The SMILES string of the molecule is C=CCC1C(=O)OC2CC=CC21. The smallest absolute Gasteiger partial charge is 0.310 e.